The highest BCUT2D eigenvalue weighted by molar-refractivity contribution is 7.59. The molecule has 1 aliphatic heterocycles. The van der Waals surface area contributed by atoms with Crippen LogP contribution in [0.5, 0.6) is 0 Å². The Morgan fingerprint density at radius 3 is 2.59 bits per heavy atom. The number of carbonyl (C=O) groups excluding carboxylic acids is 2. The van der Waals surface area contributed by atoms with Gasteiger partial charge >= 0.3 is 12.2 Å². The highest BCUT2D eigenvalue weighted by Gasteiger charge is 2.35. The molecule has 7 nitrogen and oxygen atoms in total. The number of aromatic nitrogens is 1. The minimum atomic E-state index is -0.788. The van der Waals surface area contributed by atoms with Crippen molar-refractivity contribution in [1.82, 2.24) is 9.88 Å². The molecule has 4 rings (SSSR count). The van der Waals surface area contributed by atoms with Crippen molar-refractivity contribution in [3.8, 4) is 0 Å². The minimum absolute atomic E-state index is 0. The van der Waals surface area contributed by atoms with E-state index < -0.39 is 17.7 Å². The summed E-state index contributed by atoms with van der Waals surface area (Å²) in [6, 6.07) is 7.41. The maximum absolute atomic E-state index is 13.3. The van der Waals surface area contributed by atoms with Gasteiger partial charge < -0.3 is 15.6 Å². The number of aromatic amines is 1. The van der Waals surface area contributed by atoms with Gasteiger partial charge in [-0.05, 0) is 48.7 Å². The van der Waals surface area contributed by atoms with Crippen LogP contribution in [0.3, 0.4) is 0 Å². The van der Waals surface area contributed by atoms with E-state index in [9.17, 15) is 18.4 Å². The van der Waals surface area contributed by atoms with Crippen molar-refractivity contribution in [3.05, 3.63) is 71.2 Å². The number of nitrogens with zero attached hydrogens (tertiary/aromatic N) is 2. The van der Waals surface area contributed by atoms with Crippen molar-refractivity contribution in [2.45, 2.75) is 32.4 Å². The third kappa shape index (κ3) is 5.48. The maximum atomic E-state index is 13.3. The standard InChI is InChI=1S/C24H23F2N5O2.H2S/c1-14(23(32)31-7-3-4-22(31)27-2)8-15-13-28-21-6-5-18(12-20(15)21)29-24(33)30-19-10-16(25)9-17(26)11-19;/h5-6,9-14,22,28H,3-4,7-8H2,1H3,(H2,29,30,33);1H2/t14?,22-;/m0./s1. The Hall–Kier alpha value is -3.58. The van der Waals surface area contributed by atoms with Gasteiger partial charge in [0.15, 0.2) is 0 Å². The fourth-order valence-electron chi connectivity index (χ4n) is 4.19. The summed E-state index contributed by atoms with van der Waals surface area (Å²) < 4.78 is 26.7. The molecule has 0 spiro atoms. The highest BCUT2D eigenvalue weighted by Crippen LogP contribution is 2.27. The Kier molecular flexibility index (Phi) is 7.79. The van der Waals surface area contributed by atoms with Crippen LogP contribution in [0.4, 0.5) is 25.0 Å². The van der Waals surface area contributed by atoms with Gasteiger partial charge in [-0.2, -0.15) is 13.5 Å². The Bertz CT molecular complexity index is 1240. The van der Waals surface area contributed by atoms with E-state index in [2.05, 4.69) is 20.5 Å². The van der Waals surface area contributed by atoms with Crippen molar-refractivity contribution in [3.63, 3.8) is 0 Å². The molecule has 2 atom stereocenters. The van der Waals surface area contributed by atoms with Crippen LogP contribution < -0.4 is 10.6 Å². The number of likely N-dealkylation sites (tertiary alicyclic amines) is 1. The second kappa shape index (κ2) is 10.6. The zero-order valence-corrected chi connectivity index (χ0v) is 19.5. The average molecular weight is 486 g/mol. The number of halogens is 2. The number of nitrogens with one attached hydrogen (secondary N) is 3. The summed E-state index contributed by atoms with van der Waals surface area (Å²) in [4.78, 5) is 33.5. The lowest BCUT2D eigenvalue weighted by atomic mass is 9.99. The number of benzene rings is 2. The number of fused-ring (bicyclic) bond motifs is 1. The van der Waals surface area contributed by atoms with E-state index in [0.29, 0.717) is 25.1 Å². The van der Waals surface area contributed by atoms with Crippen molar-refractivity contribution in [1.29, 1.82) is 0 Å². The maximum Gasteiger partial charge on any atom is 0.323 e. The number of anilines is 2. The molecule has 2 aromatic carbocycles. The first kappa shape index (κ1) is 25.1. The molecule has 1 aliphatic rings. The van der Waals surface area contributed by atoms with Crippen LogP contribution in [0.25, 0.3) is 15.7 Å². The summed E-state index contributed by atoms with van der Waals surface area (Å²) in [6.07, 6.45) is 3.51. The van der Waals surface area contributed by atoms with Crippen LogP contribution in [0.15, 0.2) is 42.6 Å². The SMILES string of the molecule is S.[C-]#[N+][C@@H]1CCCN1C(=O)C(C)Cc1c[nH]c2ccc(NC(=O)Nc3cc(F)cc(F)c3)cc12. The van der Waals surface area contributed by atoms with E-state index in [-0.39, 0.29) is 37.2 Å². The summed E-state index contributed by atoms with van der Waals surface area (Å²) in [5.74, 6) is -1.90. The number of carbonyl (C=O) groups is 2. The van der Waals surface area contributed by atoms with Gasteiger partial charge in [0, 0.05) is 53.4 Å². The molecule has 1 saturated heterocycles. The summed E-state index contributed by atoms with van der Waals surface area (Å²) in [5.41, 5.74) is 2.26. The fraction of sp³-hybridized carbons (Fsp3) is 0.292. The van der Waals surface area contributed by atoms with Crippen molar-refractivity contribution < 1.29 is 18.4 Å². The van der Waals surface area contributed by atoms with Crippen molar-refractivity contribution in [2.24, 2.45) is 5.92 Å². The molecule has 34 heavy (non-hydrogen) atoms. The number of H-pyrrole nitrogens is 1. The molecule has 0 aliphatic carbocycles. The van der Waals surface area contributed by atoms with Crippen molar-refractivity contribution >= 4 is 47.7 Å². The Morgan fingerprint density at radius 2 is 1.88 bits per heavy atom. The summed E-state index contributed by atoms with van der Waals surface area (Å²) in [6.45, 7) is 9.76. The lowest BCUT2D eigenvalue weighted by Gasteiger charge is -2.20. The van der Waals surface area contributed by atoms with E-state index in [1.807, 2.05) is 13.1 Å². The average Bonchev–Trinajstić information content (AvgIpc) is 3.39. The molecule has 0 radical (unpaired) electrons. The van der Waals surface area contributed by atoms with Crippen LogP contribution >= 0.6 is 13.5 Å². The van der Waals surface area contributed by atoms with Gasteiger partial charge in [-0.1, -0.05) is 6.92 Å². The highest BCUT2D eigenvalue weighted by atomic mass is 32.1. The molecule has 3 amide bonds. The molecule has 3 N–H and O–H groups in total. The van der Waals surface area contributed by atoms with E-state index in [1.165, 1.54) is 0 Å². The molecule has 0 saturated carbocycles. The zero-order valence-electron chi connectivity index (χ0n) is 18.5. The second-order valence-corrected chi connectivity index (χ2v) is 8.20. The third-order valence-corrected chi connectivity index (χ3v) is 5.75. The Labute approximate surface area is 202 Å². The Morgan fingerprint density at radius 1 is 1.18 bits per heavy atom. The molecule has 0 bridgehead atoms. The van der Waals surface area contributed by atoms with Gasteiger partial charge in [-0.3, -0.25) is 14.5 Å². The molecule has 178 valence electrons. The summed E-state index contributed by atoms with van der Waals surface area (Å²) >= 11 is 0. The van der Waals surface area contributed by atoms with Gasteiger partial charge in [0.05, 0.1) is 0 Å². The minimum Gasteiger partial charge on any atom is -0.361 e. The molecular weight excluding hydrogens is 460 g/mol. The predicted molar refractivity (Wildman–Crippen MR) is 132 cm³/mol. The lowest BCUT2D eigenvalue weighted by molar-refractivity contribution is -0.135. The number of rotatable bonds is 5. The first-order valence-corrected chi connectivity index (χ1v) is 10.6. The summed E-state index contributed by atoms with van der Waals surface area (Å²) in [7, 11) is 0. The van der Waals surface area contributed by atoms with Crippen molar-refractivity contribution in [2.75, 3.05) is 17.2 Å². The molecule has 10 heteroatoms. The van der Waals surface area contributed by atoms with Crippen LogP contribution in [-0.2, 0) is 11.2 Å². The number of urea groups is 1. The van der Waals surface area contributed by atoms with Gasteiger partial charge in [0.1, 0.15) is 11.6 Å². The van der Waals surface area contributed by atoms with Gasteiger partial charge in [-0.15, -0.1) is 0 Å². The third-order valence-electron chi connectivity index (χ3n) is 5.75. The topological polar surface area (TPSA) is 81.6 Å². The molecule has 1 unspecified atom stereocenters. The molecule has 1 aromatic heterocycles. The van der Waals surface area contributed by atoms with E-state index in [4.69, 9.17) is 6.57 Å². The quantitative estimate of drug-likeness (QED) is 0.432. The molecule has 2 heterocycles. The first-order valence-electron chi connectivity index (χ1n) is 10.6. The van der Waals surface area contributed by atoms with Gasteiger partial charge in [0.25, 0.3) is 0 Å². The first-order chi connectivity index (χ1) is 15.8. The lowest BCUT2D eigenvalue weighted by Crippen LogP contribution is -2.38. The van der Waals surface area contributed by atoms with Crippen LogP contribution in [0.1, 0.15) is 25.3 Å². The fourth-order valence-corrected chi connectivity index (χ4v) is 4.19. The number of amides is 3. The molecular formula is C24H25F2N5O2S. The van der Waals surface area contributed by atoms with Gasteiger partial charge in [-0.25, -0.2) is 20.1 Å². The number of hydrogen-bond donors (Lipinski definition) is 3. The van der Waals surface area contributed by atoms with E-state index in [1.54, 1.807) is 23.1 Å². The monoisotopic (exact) mass is 485 g/mol. The normalized spacial score (nSPS) is 15.9. The molecule has 3 aromatic rings. The van der Waals surface area contributed by atoms with Gasteiger partial charge in [0.2, 0.25) is 5.91 Å². The predicted octanol–water partition coefficient (Wildman–Crippen LogP) is 5.25. The van der Waals surface area contributed by atoms with Crippen LogP contribution in [0.2, 0.25) is 0 Å². The molecule has 1 fully saturated rings. The number of hydrogen-bond acceptors (Lipinski definition) is 2. The second-order valence-electron chi connectivity index (χ2n) is 8.20. The zero-order chi connectivity index (χ0) is 23.5. The van der Waals surface area contributed by atoms with Crippen LogP contribution in [-0.4, -0.2) is 34.5 Å². The van der Waals surface area contributed by atoms with E-state index >= 15 is 0 Å². The Balaban J connectivity index is 0.00000324. The largest absolute Gasteiger partial charge is 0.361 e. The summed E-state index contributed by atoms with van der Waals surface area (Å²) in [5, 5.41) is 5.91. The van der Waals surface area contributed by atoms with Crippen LogP contribution in [0, 0.1) is 24.1 Å². The smallest absolute Gasteiger partial charge is 0.323 e. The van der Waals surface area contributed by atoms with E-state index in [0.717, 1.165) is 41.1 Å².